The molecule has 1 saturated heterocycles. The average Bonchev–Trinajstić information content (AvgIpc) is 2.68. The van der Waals surface area contributed by atoms with Gasteiger partial charge in [-0.25, -0.2) is 12.8 Å². The molecular weight excluding hydrogens is 397 g/mol. The van der Waals surface area contributed by atoms with Crippen LogP contribution >= 0.6 is 0 Å². The van der Waals surface area contributed by atoms with Gasteiger partial charge in [-0.2, -0.15) is 8.78 Å². The molecule has 0 aromatic heterocycles. The van der Waals surface area contributed by atoms with Crippen molar-refractivity contribution in [1.82, 2.24) is 0 Å². The van der Waals surface area contributed by atoms with Crippen LogP contribution in [0.25, 0.3) is 0 Å². The first-order valence-electron chi connectivity index (χ1n) is 8.35. The minimum absolute atomic E-state index is 0.0471. The predicted octanol–water partition coefficient (Wildman–Crippen LogP) is 2.91. The number of benzene rings is 2. The topological polar surface area (TPSA) is 75.7 Å². The van der Waals surface area contributed by atoms with Crippen LogP contribution < -0.4 is 10.2 Å². The lowest BCUT2D eigenvalue weighted by Gasteiger charge is -2.29. The van der Waals surface area contributed by atoms with Crippen LogP contribution in [0, 0.1) is 5.82 Å². The Labute approximate surface area is 159 Å². The molecule has 2 aromatic carbocycles. The fraction of sp³-hybridized carbons (Fsp3) is 0.278. The third-order valence-corrected chi connectivity index (χ3v) is 5.64. The molecule has 3 rings (SSSR count). The Bertz CT molecular complexity index is 959. The fourth-order valence-corrected chi connectivity index (χ4v) is 3.47. The number of hydrogen-bond acceptors (Lipinski definition) is 5. The lowest BCUT2D eigenvalue weighted by Crippen LogP contribution is -2.36. The quantitative estimate of drug-likeness (QED) is 0.814. The molecule has 0 saturated carbocycles. The Morgan fingerprint density at radius 2 is 1.71 bits per heavy atom. The van der Waals surface area contributed by atoms with E-state index in [0.29, 0.717) is 32.0 Å². The SMILES string of the molecule is O=C(Nc1ccc(N2CCOCC2)c(F)c1)c1ccc(S(=O)(=O)C(F)F)cc1. The Morgan fingerprint density at radius 3 is 2.29 bits per heavy atom. The first kappa shape index (κ1) is 20.2. The minimum atomic E-state index is -4.73. The molecule has 10 heteroatoms. The summed E-state index contributed by atoms with van der Waals surface area (Å²) >= 11 is 0. The number of nitrogens with zero attached hydrogens (tertiary/aromatic N) is 1. The zero-order chi connectivity index (χ0) is 20.3. The van der Waals surface area contributed by atoms with E-state index >= 15 is 0 Å². The molecule has 2 aromatic rings. The number of alkyl halides is 2. The molecule has 0 atom stereocenters. The maximum atomic E-state index is 14.4. The second-order valence-electron chi connectivity index (χ2n) is 6.05. The number of morpholine rings is 1. The summed E-state index contributed by atoms with van der Waals surface area (Å²) in [7, 11) is -4.73. The largest absolute Gasteiger partial charge is 0.378 e. The highest BCUT2D eigenvalue weighted by Gasteiger charge is 2.26. The highest BCUT2D eigenvalue weighted by molar-refractivity contribution is 7.91. The zero-order valence-electron chi connectivity index (χ0n) is 14.6. The highest BCUT2D eigenvalue weighted by atomic mass is 32.2. The monoisotopic (exact) mass is 414 g/mol. The van der Waals surface area contributed by atoms with Crippen LogP contribution in [0.3, 0.4) is 0 Å². The van der Waals surface area contributed by atoms with Crippen molar-refractivity contribution >= 4 is 27.1 Å². The van der Waals surface area contributed by atoms with Crippen LogP contribution in [-0.4, -0.2) is 46.4 Å². The summed E-state index contributed by atoms with van der Waals surface area (Å²) in [5.74, 6) is -4.67. The van der Waals surface area contributed by atoms with Gasteiger partial charge in [0.15, 0.2) is 0 Å². The lowest BCUT2D eigenvalue weighted by atomic mass is 10.2. The molecule has 1 fully saturated rings. The van der Waals surface area contributed by atoms with Gasteiger partial charge in [-0.1, -0.05) is 0 Å². The summed E-state index contributed by atoms with van der Waals surface area (Å²) in [6, 6.07) is 8.36. The average molecular weight is 414 g/mol. The van der Waals surface area contributed by atoms with Crippen LogP contribution in [0.4, 0.5) is 24.5 Å². The lowest BCUT2D eigenvalue weighted by molar-refractivity contribution is 0.102. The van der Waals surface area contributed by atoms with Crippen molar-refractivity contribution in [1.29, 1.82) is 0 Å². The van der Waals surface area contributed by atoms with Crippen LogP contribution in [0.15, 0.2) is 47.4 Å². The number of ether oxygens (including phenoxy) is 1. The summed E-state index contributed by atoms with van der Waals surface area (Å²) in [6.07, 6.45) is 0. The maximum Gasteiger partial charge on any atom is 0.341 e. The molecule has 6 nitrogen and oxygen atoms in total. The van der Waals surface area contributed by atoms with Crippen molar-refractivity contribution in [2.45, 2.75) is 10.7 Å². The molecule has 150 valence electrons. The number of carbonyl (C=O) groups is 1. The first-order chi connectivity index (χ1) is 13.3. The number of amides is 1. The van der Waals surface area contributed by atoms with E-state index in [9.17, 15) is 26.4 Å². The van der Waals surface area contributed by atoms with E-state index in [-0.39, 0.29) is 11.3 Å². The van der Waals surface area contributed by atoms with Gasteiger partial charge in [0, 0.05) is 24.3 Å². The van der Waals surface area contributed by atoms with E-state index in [2.05, 4.69) is 5.32 Å². The number of nitrogens with one attached hydrogen (secondary N) is 1. The standard InChI is InChI=1S/C18H17F3N2O4S/c19-15-11-13(3-6-16(15)23-7-9-27-10-8-23)22-17(24)12-1-4-14(5-2-12)28(25,26)18(20)21/h1-6,11,18H,7-10H2,(H,22,24). The molecule has 0 radical (unpaired) electrons. The molecule has 1 aliphatic rings. The van der Waals surface area contributed by atoms with E-state index in [1.165, 1.54) is 6.07 Å². The van der Waals surface area contributed by atoms with Crippen molar-refractivity contribution in [3.8, 4) is 0 Å². The molecule has 1 heterocycles. The predicted molar refractivity (Wildman–Crippen MR) is 97.0 cm³/mol. The molecule has 1 N–H and O–H groups in total. The van der Waals surface area contributed by atoms with E-state index in [1.54, 1.807) is 12.1 Å². The Kier molecular flexibility index (Phi) is 5.90. The number of rotatable bonds is 5. The van der Waals surface area contributed by atoms with Crippen molar-refractivity contribution in [3.63, 3.8) is 0 Å². The molecular formula is C18H17F3N2O4S. The molecule has 0 unspecified atom stereocenters. The van der Waals surface area contributed by atoms with Crippen molar-refractivity contribution in [2.75, 3.05) is 36.5 Å². The van der Waals surface area contributed by atoms with E-state index in [4.69, 9.17) is 4.74 Å². The van der Waals surface area contributed by atoms with Gasteiger partial charge in [0.05, 0.1) is 23.8 Å². The first-order valence-corrected chi connectivity index (χ1v) is 9.89. The summed E-state index contributed by atoms with van der Waals surface area (Å²) < 4.78 is 67.5. The van der Waals surface area contributed by atoms with Crippen LogP contribution in [0.5, 0.6) is 0 Å². The van der Waals surface area contributed by atoms with E-state index < -0.39 is 32.2 Å². The van der Waals surface area contributed by atoms with Crippen LogP contribution in [0.1, 0.15) is 10.4 Å². The fourth-order valence-electron chi connectivity index (χ4n) is 2.75. The minimum Gasteiger partial charge on any atom is -0.378 e. The Morgan fingerprint density at radius 1 is 1.07 bits per heavy atom. The third kappa shape index (κ3) is 4.28. The Hall–Kier alpha value is -2.59. The van der Waals surface area contributed by atoms with Gasteiger partial charge in [-0.15, -0.1) is 0 Å². The smallest absolute Gasteiger partial charge is 0.341 e. The second-order valence-corrected chi connectivity index (χ2v) is 7.97. The normalized spacial score (nSPS) is 14.9. The van der Waals surface area contributed by atoms with Gasteiger partial charge in [0.25, 0.3) is 5.91 Å². The summed E-state index contributed by atoms with van der Waals surface area (Å²) in [5, 5.41) is 2.49. The summed E-state index contributed by atoms with van der Waals surface area (Å²) in [6.45, 7) is 2.15. The third-order valence-electron chi connectivity index (χ3n) is 4.24. The molecule has 0 bridgehead atoms. The van der Waals surface area contributed by atoms with Gasteiger partial charge < -0.3 is 15.0 Å². The Balaban J connectivity index is 1.71. The number of carbonyl (C=O) groups excluding carboxylic acids is 1. The summed E-state index contributed by atoms with van der Waals surface area (Å²) in [5.41, 5.74) is 0.664. The zero-order valence-corrected chi connectivity index (χ0v) is 15.4. The van der Waals surface area contributed by atoms with E-state index in [1.807, 2.05) is 4.90 Å². The molecule has 28 heavy (non-hydrogen) atoms. The molecule has 0 spiro atoms. The van der Waals surface area contributed by atoms with Crippen LogP contribution in [0.2, 0.25) is 0 Å². The van der Waals surface area contributed by atoms with E-state index in [0.717, 1.165) is 24.3 Å². The van der Waals surface area contributed by atoms with Crippen LogP contribution in [-0.2, 0) is 14.6 Å². The molecule has 1 aliphatic heterocycles. The molecule has 0 aliphatic carbocycles. The van der Waals surface area contributed by atoms with Crippen molar-refractivity contribution in [2.24, 2.45) is 0 Å². The maximum absolute atomic E-state index is 14.4. The van der Waals surface area contributed by atoms with Gasteiger partial charge in [0.2, 0.25) is 9.84 Å². The molecule has 1 amide bonds. The highest BCUT2D eigenvalue weighted by Crippen LogP contribution is 2.24. The van der Waals surface area contributed by atoms with Gasteiger partial charge in [0.1, 0.15) is 5.82 Å². The van der Waals surface area contributed by atoms with Gasteiger partial charge >= 0.3 is 5.76 Å². The van der Waals surface area contributed by atoms with Crippen molar-refractivity contribution < 1.29 is 31.1 Å². The number of halogens is 3. The number of anilines is 2. The van der Waals surface area contributed by atoms with Gasteiger partial charge in [-0.05, 0) is 42.5 Å². The number of hydrogen-bond donors (Lipinski definition) is 1. The van der Waals surface area contributed by atoms with Gasteiger partial charge in [-0.3, -0.25) is 4.79 Å². The summed E-state index contributed by atoms with van der Waals surface area (Å²) in [4.78, 5) is 13.5. The van der Waals surface area contributed by atoms with Crippen molar-refractivity contribution in [3.05, 3.63) is 53.8 Å². The second kappa shape index (κ2) is 8.19. The number of sulfone groups is 1.